The number of carbonyl (C=O) groups excluding carboxylic acids is 2. The predicted octanol–water partition coefficient (Wildman–Crippen LogP) is 3.23. The summed E-state index contributed by atoms with van der Waals surface area (Å²) in [4.78, 5) is 25.5. The van der Waals surface area contributed by atoms with Crippen LogP contribution in [0.25, 0.3) is 0 Å². The maximum atomic E-state index is 14.0. The van der Waals surface area contributed by atoms with E-state index < -0.39 is 40.4 Å². The number of carbonyl (C=O) groups is 2. The second-order valence-corrected chi connectivity index (χ2v) is 9.78. The van der Waals surface area contributed by atoms with Gasteiger partial charge in [0.25, 0.3) is 5.91 Å². The SMILES string of the molecule is CCN(CC)S(=O)(=O)c1cccc(C(=O)N[C@@H](C(=O)OCc2cc(C#N)ccc2F)C(C)C)c1. The molecule has 1 N–H and O–H groups in total. The fraction of sp³-hybridized carbons (Fsp3) is 0.375. The number of benzene rings is 2. The first-order chi connectivity index (χ1) is 16.0. The summed E-state index contributed by atoms with van der Waals surface area (Å²) in [6.07, 6.45) is 0. The van der Waals surface area contributed by atoms with Crippen molar-refractivity contribution in [3.63, 3.8) is 0 Å². The van der Waals surface area contributed by atoms with Crippen LogP contribution in [-0.2, 0) is 26.2 Å². The molecule has 34 heavy (non-hydrogen) atoms. The van der Waals surface area contributed by atoms with Crippen LogP contribution in [0.3, 0.4) is 0 Å². The standard InChI is InChI=1S/C24H28FN3O5S/c1-5-28(6-2)34(31,32)20-9-7-8-18(13-20)23(29)27-22(16(3)4)24(30)33-15-19-12-17(14-26)10-11-21(19)25/h7-13,16,22H,5-6,15H2,1-4H3,(H,27,29)/t22-/m1/s1. The Hall–Kier alpha value is -3.29. The number of nitriles is 1. The smallest absolute Gasteiger partial charge is 0.329 e. The van der Waals surface area contributed by atoms with Crippen molar-refractivity contribution < 1.29 is 27.1 Å². The maximum absolute atomic E-state index is 14.0. The number of nitrogens with one attached hydrogen (secondary N) is 1. The van der Waals surface area contributed by atoms with E-state index in [-0.39, 0.29) is 40.6 Å². The van der Waals surface area contributed by atoms with E-state index in [2.05, 4.69) is 5.32 Å². The highest BCUT2D eigenvalue weighted by Crippen LogP contribution is 2.18. The fourth-order valence-electron chi connectivity index (χ4n) is 3.23. The van der Waals surface area contributed by atoms with Crippen LogP contribution in [-0.4, -0.2) is 43.7 Å². The van der Waals surface area contributed by atoms with E-state index in [0.717, 1.165) is 6.07 Å². The third kappa shape index (κ3) is 6.40. The molecule has 0 unspecified atom stereocenters. The molecule has 0 saturated carbocycles. The molecule has 0 aromatic heterocycles. The second-order valence-electron chi connectivity index (χ2n) is 7.84. The summed E-state index contributed by atoms with van der Waals surface area (Å²) in [5, 5.41) is 11.5. The molecule has 0 saturated heterocycles. The Morgan fingerprint density at radius 1 is 1.15 bits per heavy atom. The van der Waals surface area contributed by atoms with Gasteiger partial charge in [0.1, 0.15) is 18.5 Å². The first-order valence-corrected chi connectivity index (χ1v) is 12.2. The molecule has 0 heterocycles. The molecule has 8 nitrogen and oxygen atoms in total. The molecular weight excluding hydrogens is 461 g/mol. The Labute approximate surface area is 199 Å². The number of hydrogen-bond donors (Lipinski definition) is 1. The number of rotatable bonds is 10. The zero-order valence-corrected chi connectivity index (χ0v) is 20.4. The lowest BCUT2D eigenvalue weighted by molar-refractivity contribution is -0.148. The van der Waals surface area contributed by atoms with E-state index in [1.54, 1.807) is 27.7 Å². The zero-order chi connectivity index (χ0) is 25.5. The topological polar surface area (TPSA) is 117 Å². The monoisotopic (exact) mass is 489 g/mol. The molecule has 182 valence electrons. The minimum absolute atomic E-state index is 0.0274. The maximum Gasteiger partial charge on any atom is 0.329 e. The van der Waals surface area contributed by atoms with Gasteiger partial charge in [-0.05, 0) is 42.3 Å². The first-order valence-electron chi connectivity index (χ1n) is 10.8. The molecule has 10 heteroatoms. The van der Waals surface area contributed by atoms with Gasteiger partial charge in [0.2, 0.25) is 10.0 Å². The van der Waals surface area contributed by atoms with Crippen LogP contribution in [0.5, 0.6) is 0 Å². The van der Waals surface area contributed by atoms with Gasteiger partial charge in [0.15, 0.2) is 0 Å². The molecule has 0 aliphatic carbocycles. The Bertz CT molecular complexity index is 1190. The lowest BCUT2D eigenvalue weighted by Crippen LogP contribution is -2.45. The highest BCUT2D eigenvalue weighted by atomic mass is 32.2. The Morgan fingerprint density at radius 3 is 2.41 bits per heavy atom. The Balaban J connectivity index is 2.18. The molecule has 1 amide bonds. The number of hydrogen-bond acceptors (Lipinski definition) is 6. The van der Waals surface area contributed by atoms with Gasteiger partial charge in [0, 0.05) is 24.2 Å². The summed E-state index contributed by atoms with van der Waals surface area (Å²) >= 11 is 0. The van der Waals surface area contributed by atoms with Gasteiger partial charge in [-0.2, -0.15) is 9.57 Å². The fourth-order valence-corrected chi connectivity index (χ4v) is 4.73. The number of nitrogens with zero attached hydrogens (tertiary/aromatic N) is 2. The third-order valence-electron chi connectivity index (χ3n) is 5.19. The van der Waals surface area contributed by atoms with Crippen molar-refractivity contribution >= 4 is 21.9 Å². The van der Waals surface area contributed by atoms with Crippen molar-refractivity contribution in [2.24, 2.45) is 5.92 Å². The van der Waals surface area contributed by atoms with E-state index in [1.807, 2.05) is 6.07 Å². The summed E-state index contributed by atoms with van der Waals surface area (Å²) in [6.45, 7) is 7.01. The summed E-state index contributed by atoms with van der Waals surface area (Å²) in [7, 11) is -3.76. The van der Waals surface area contributed by atoms with E-state index in [9.17, 15) is 22.4 Å². The molecular formula is C24H28FN3O5S. The molecule has 0 spiro atoms. The van der Waals surface area contributed by atoms with Crippen LogP contribution in [0.1, 0.15) is 49.2 Å². The van der Waals surface area contributed by atoms with Crippen LogP contribution < -0.4 is 5.32 Å². The molecule has 1 atom stereocenters. The molecule has 0 bridgehead atoms. The quantitative estimate of drug-likeness (QED) is 0.512. The van der Waals surface area contributed by atoms with Gasteiger partial charge in [0.05, 0.1) is 16.5 Å². The van der Waals surface area contributed by atoms with Gasteiger partial charge in [-0.15, -0.1) is 0 Å². The Kier molecular flexibility index (Phi) is 9.29. The third-order valence-corrected chi connectivity index (χ3v) is 7.24. The number of esters is 1. The molecule has 0 radical (unpaired) electrons. The van der Waals surface area contributed by atoms with Gasteiger partial charge < -0.3 is 10.1 Å². The average molecular weight is 490 g/mol. The second kappa shape index (κ2) is 11.7. The number of amides is 1. The van der Waals surface area contributed by atoms with Gasteiger partial charge >= 0.3 is 5.97 Å². The summed E-state index contributed by atoms with van der Waals surface area (Å²) in [5.74, 6) is -2.42. The van der Waals surface area contributed by atoms with Gasteiger partial charge in [-0.1, -0.05) is 33.8 Å². The number of sulfonamides is 1. The molecule has 2 aromatic rings. The predicted molar refractivity (Wildman–Crippen MR) is 124 cm³/mol. The highest BCUT2D eigenvalue weighted by molar-refractivity contribution is 7.89. The van der Waals surface area contributed by atoms with Gasteiger partial charge in [-0.3, -0.25) is 4.79 Å². The van der Waals surface area contributed by atoms with E-state index in [4.69, 9.17) is 10.00 Å². The van der Waals surface area contributed by atoms with E-state index in [0.29, 0.717) is 0 Å². The number of ether oxygens (including phenoxy) is 1. The average Bonchev–Trinajstić information content (AvgIpc) is 2.82. The van der Waals surface area contributed by atoms with E-state index >= 15 is 0 Å². The largest absolute Gasteiger partial charge is 0.459 e. The molecule has 2 aromatic carbocycles. The Morgan fingerprint density at radius 2 is 1.82 bits per heavy atom. The van der Waals surface area contributed by atoms with Crippen molar-refractivity contribution in [1.29, 1.82) is 5.26 Å². The molecule has 0 aliphatic heterocycles. The normalized spacial score (nSPS) is 12.3. The van der Waals surface area contributed by atoms with E-state index in [1.165, 1.54) is 40.7 Å². The highest BCUT2D eigenvalue weighted by Gasteiger charge is 2.28. The van der Waals surface area contributed by atoms with Crippen molar-refractivity contribution in [2.45, 2.75) is 45.2 Å². The van der Waals surface area contributed by atoms with Crippen LogP contribution >= 0.6 is 0 Å². The van der Waals surface area contributed by atoms with Crippen molar-refractivity contribution in [1.82, 2.24) is 9.62 Å². The summed E-state index contributed by atoms with van der Waals surface area (Å²) < 4.78 is 46.0. The van der Waals surface area contributed by atoms with Crippen LogP contribution in [0.15, 0.2) is 47.4 Å². The molecule has 0 fully saturated rings. The minimum atomic E-state index is -3.76. The number of halogens is 1. The summed E-state index contributed by atoms with van der Waals surface area (Å²) in [6, 6.07) is 10.1. The van der Waals surface area contributed by atoms with Crippen molar-refractivity contribution in [2.75, 3.05) is 13.1 Å². The first kappa shape index (κ1) is 27.0. The lowest BCUT2D eigenvalue weighted by atomic mass is 10.0. The molecule has 2 rings (SSSR count). The summed E-state index contributed by atoms with van der Waals surface area (Å²) in [5.41, 5.74) is 0.329. The lowest BCUT2D eigenvalue weighted by Gasteiger charge is -2.22. The minimum Gasteiger partial charge on any atom is -0.459 e. The zero-order valence-electron chi connectivity index (χ0n) is 19.5. The van der Waals surface area contributed by atoms with Gasteiger partial charge in [-0.25, -0.2) is 17.6 Å². The van der Waals surface area contributed by atoms with Crippen molar-refractivity contribution in [3.8, 4) is 6.07 Å². The van der Waals surface area contributed by atoms with Crippen molar-refractivity contribution in [3.05, 3.63) is 65.0 Å². The van der Waals surface area contributed by atoms with Crippen LogP contribution in [0.2, 0.25) is 0 Å². The molecule has 0 aliphatic rings. The van der Waals surface area contributed by atoms with Crippen LogP contribution in [0, 0.1) is 23.1 Å². The van der Waals surface area contributed by atoms with Crippen LogP contribution in [0.4, 0.5) is 4.39 Å².